The lowest BCUT2D eigenvalue weighted by atomic mass is 10.3. The number of amides is 1. The monoisotopic (exact) mass is 273 g/mol. The molecule has 5 heteroatoms. The van der Waals surface area contributed by atoms with E-state index >= 15 is 0 Å². The van der Waals surface area contributed by atoms with Crippen LogP contribution in [0.1, 0.15) is 36.2 Å². The van der Waals surface area contributed by atoms with Gasteiger partial charge in [-0.2, -0.15) is 0 Å². The molecule has 2 rings (SSSR count). The SMILES string of the molecule is O=C(NOC1CCCC1)c1ccc(Br)o1. The van der Waals surface area contributed by atoms with Crippen molar-refractivity contribution >= 4 is 21.8 Å². The van der Waals surface area contributed by atoms with Crippen LogP contribution < -0.4 is 5.48 Å². The van der Waals surface area contributed by atoms with Gasteiger partial charge in [0.15, 0.2) is 10.4 Å². The maximum Gasteiger partial charge on any atom is 0.310 e. The summed E-state index contributed by atoms with van der Waals surface area (Å²) in [5.41, 5.74) is 2.40. The van der Waals surface area contributed by atoms with E-state index in [2.05, 4.69) is 21.4 Å². The van der Waals surface area contributed by atoms with Gasteiger partial charge in [0, 0.05) is 0 Å². The molecule has 1 amide bonds. The van der Waals surface area contributed by atoms with Gasteiger partial charge in [-0.15, -0.1) is 0 Å². The van der Waals surface area contributed by atoms with E-state index in [1.54, 1.807) is 12.1 Å². The van der Waals surface area contributed by atoms with Gasteiger partial charge in [0.25, 0.3) is 0 Å². The minimum absolute atomic E-state index is 0.160. The largest absolute Gasteiger partial charge is 0.444 e. The molecule has 1 aromatic rings. The minimum atomic E-state index is -0.340. The number of halogens is 1. The fraction of sp³-hybridized carbons (Fsp3) is 0.500. The molecule has 1 N–H and O–H groups in total. The first-order valence-corrected chi connectivity index (χ1v) is 5.76. The van der Waals surface area contributed by atoms with Crippen molar-refractivity contribution in [2.75, 3.05) is 0 Å². The number of carbonyl (C=O) groups excluding carboxylic acids is 1. The molecule has 0 aliphatic heterocycles. The second-order valence-corrected chi connectivity index (χ2v) is 4.34. The van der Waals surface area contributed by atoms with E-state index in [1.165, 1.54) is 12.8 Å². The molecule has 0 unspecified atom stereocenters. The Morgan fingerprint density at radius 3 is 2.80 bits per heavy atom. The van der Waals surface area contributed by atoms with Crippen molar-refractivity contribution in [2.45, 2.75) is 31.8 Å². The molecule has 0 saturated heterocycles. The maximum absolute atomic E-state index is 11.5. The lowest BCUT2D eigenvalue weighted by Crippen LogP contribution is -2.27. The van der Waals surface area contributed by atoms with Gasteiger partial charge >= 0.3 is 5.91 Å². The van der Waals surface area contributed by atoms with E-state index < -0.39 is 0 Å². The molecule has 1 saturated carbocycles. The summed E-state index contributed by atoms with van der Waals surface area (Å²) in [6, 6.07) is 3.27. The standard InChI is InChI=1S/C10H12BrNO3/c11-9-6-5-8(14-9)10(13)12-15-7-3-1-2-4-7/h5-7H,1-4H2,(H,12,13). The molecule has 0 bridgehead atoms. The number of carbonyl (C=O) groups is 1. The second-order valence-electron chi connectivity index (χ2n) is 3.56. The Labute approximate surface area is 96.1 Å². The van der Waals surface area contributed by atoms with Crippen LogP contribution in [-0.4, -0.2) is 12.0 Å². The number of hydrogen-bond acceptors (Lipinski definition) is 3. The Morgan fingerprint density at radius 2 is 2.20 bits per heavy atom. The van der Waals surface area contributed by atoms with Crippen LogP contribution in [0.25, 0.3) is 0 Å². The molecule has 0 radical (unpaired) electrons. The van der Waals surface area contributed by atoms with Crippen molar-refractivity contribution in [2.24, 2.45) is 0 Å². The predicted molar refractivity (Wildman–Crippen MR) is 57.2 cm³/mol. The van der Waals surface area contributed by atoms with Gasteiger partial charge in [-0.1, -0.05) is 12.8 Å². The van der Waals surface area contributed by atoms with E-state index in [0.717, 1.165) is 12.8 Å². The molecule has 0 aromatic carbocycles. The summed E-state index contributed by atoms with van der Waals surface area (Å²) in [4.78, 5) is 16.7. The van der Waals surface area contributed by atoms with Gasteiger partial charge in [-0.3, -0.25) is 9.63 Å². The minimum Gasteiger partial charge on any atom is -0.444 e. The van der Waals surface area contributed by atoms with Crippen LogP contribution in [-0.2, 0) is 4.84 Å². The van der Waals surface area contributed by atoms with E-state index in [-0.39, 0.29) is 17.8 Å². The van der Waals surface area contributed by atoms with Gasteiger partial charge in [0.1, 0.15) is 0 Å². The van der Waals surface area contributed by atoms with Crippen LogP contribution in [0.4, 0.5) is 0 Å². The first kappa shape index (κ1) is 10.7. The fourth-order valence-corrected chi connectivity index (χ4v) is 1.94. The smallest absolute Gasteiger partial charge is 0.310 e. The second kappa shape index (κ2) is 4.81. The van der Waals surface area contributed by atoms with E-state index in [1.807, 2.05) is 0 Å². The van der Waals surface area contributed by atoms with Crippen molar-refractivity contribution < 1.29 is 14.0 Å². The third-order valence-electron chi connectivity index (χ3n) is 2.42. The first-order chi connectivity index (χ1) is 7.25. The van der Waals surface area contributed by atoms with Crippen LogP contribution in [0.2, 0.25) is 0 Å². The van der Waals surface area contributed by atoms with E-state index in [4.69, 9.17) is 9.25 Å². The Balaban J connectivity index is 1.81. The highest BCUT2D eigenvalue weighted by Crippen LogP contribution is 2.20. The van der Waals surface area contributed by atoms with E-state index in [9.17, 15) is 4.79 Å². The Bertz CT molecular complexity index is 344. The molecule has 1 aliphatic rings. The third-order valence-corrected chi connectivity index (χ3v) is 2.84. The summed E-state index contributed by atoms with van der Waals surface area (Å²) in [5, 5.41) is 0. The molecule has 0 spiro atoms. The first-order valence-electron chi connectivity index (χ1n) is 4.97. The van der Waals surface area contributed by atoms with Gasteiger partial charge in [0.2, 0.25) is 0 Å². The molecule has 1 aromatic heterocycles. The lowest BCUT2D eigenvalue weighted by Gasteiger charge is -2.09. The van der Waals surface area contributed by atoms with Gasteiger partial charge in [0.05, 0.1) is 6.10 Å². The summed E-state index contributed by atoms with van der Waals surface area (Å²) in [5.74, 6) is -0.0903. The number of furan rings is 1. The Morgan fingerprint density at radius 1 is 1.47 bits per heavy atom. The molecule has 1 heterocycles. The zero-order valence-electron chi connectivity index (χ0n) is 8.16. The van der Waals surface area contributed by atoms with Crippen LogP contribution >= 0.6 is 15.9 Å². The molecule has 15 heavy (non-hydrogen) atoms. The highest BCUT2D eigenvalue weighted by molar-refractivity contribution is 9.10. The molecular weight excluding hydrogens is 262 g/mol. The molecule has 0 atom stereocenters. The molecular formula is C10H12BrNO3. The summed E-state index contributed by atoms with van der Waals surface area (Å²) in [7, 11) is 0. The average molecular weight is 274 g/mol. The van der Waals surface area contributed by atoms with Crippen molar-refractivity contribution in [3.63, 3.8) is 0 Å². The average Bonchev–Trinajstić information content (AvgIpc) is 2.84. The molecule has 1 aliphatic carbocycles. The normalized spacial score (nSPS) is 16.9. The van der Waals surface area contributed by atoms with Gasteiger partial charge < -0.3 is 4.42 Å². The zero-order valence-corrected chi connectivity index (χ0v) is 9.75. The van der Waals surface area contributed by atoms with Crippen LogP contribution in [0.15, 0.2) is 21.2 Å². The Kier molecular flexibility index (Phi) is 3.43. The molecule has 82 valence electrons. The lowest BCUT2D eigenvalue weighted by molar-refractivity contribution is -0.0139. The fourth-order valence-electron chi connectivity index (χ4n) is 1.63. The number of hydrogen-bond donors (Lipinski definition) is 1. The topological polar surface area (TPSA) is 51.5 Å². The van der Waals surface area contributed by atoms with Crippen molar-refractivity contribution in [3.8, 4) is 0 Å². The summed E-state index contributed by atoms with van der Waals surface area (Å²) in [6.07, 6.45) is 4.54. The number of rotatable bonds is 3. The zero-order chi connectivity index (χ0) is 10.7. The van der Waals surface area contributed by atoms with Gasteiger partial charge in [-0.25, -0.2) is 5.48 Å². The predicted octanol–water partition coefficient (Wildman–Crippen LogP) is 2.65. The molecule has 4 nitrogen and oxygen atoms in total. The van der Waals surface area contributed by atoms with E-state index in [0.29, 0.717) is 4.67 Å². The van der Waals surface area contributed by atoms with Crippen LogP contribution in [0.5, 0.6) is 0 Å². The number of nitrogens with one attached hydrogen (secondary N) is 1. The summed E-state index contributed by atoms with van der Waals surface area (Å²) in [6.45, 7) is 0. The molecule has 1 fully saturated rings. The summed E-state index contributed by atoms with van der Waals surface area (Å²) >= 11 is 3.13. The van der Waals surface area contributed by atoms with Gasteiger partial charge in [-0.05, 0) is 40.9 Å². The van der Waals surface area contributed by atoms with Crippen molar-refractivity contribution in [1.82, 2.24) is 5.48 Å². The van der Waals surface area contributed by atoms with Crippen LogP contribution in [0, 0.1) is 0 Å². The highest BCUT2D eigenvalue weighted by Gasteiger charge is 2.18. The van der Waals surface area contributed by atoms with Crippen LogP contribution in [0.3, 0.4) is 0 Å². The summed E-state index contributed by atoms with van der Waals surface area (Å²) < 4.78 is 5.62. The number of hydroxylamine groups is 1. The Hall–Kier alpha value is -0.810. The van der Waals surface area contributed by atoms with Crippen molar-refractivity contribution in [1.29, 1.82) is 0 Å². The highest BCUT2D eigenvalue weighted by atomic mass is 79.9. The quantitative estimate of drug-likeness (QED) is 0.862. The third kappa shape index (κ3) is 2.82. The maximum atomic E-state index is 11.5. The van der Waals surface area contributed by atoms with Crippen molar-refractivity contribution in [3.05, 3.63) is 22.6 Å².